The van der Waals surface area contributed by atoms with Gasteiger partial charge in [-0.3, -0.25) is 14.3 Å². The molecule has 0 aliphatic carbocycles. The quantitative estimate of drug-likeness (QED) is 0.775. The van der Waals surface area contributed by atoms with Gasteiger partial charge in [-0.15, -0.1) is 0 Å². The third-order valence-electron chi connectivity index (χ3n) is 4.83. The summed E-state index contributed by atoms with van der Waals surface area (Å²) in [7, 11) is 0. The predicted molar refractivity (Wildman–Crippen MR) is 100 cm³/mol. The van der Waals surface area contributed by atoms with Crippen LogP contribution in [0.1, 0.15) is 11.1 Å². The van der Waals surface area contributed by atoms with Gasteiger partial charge in [-0.1, -0.05) is 36.4 Å². The lowest BCUT2D eigenvalue weighted by Gasteiger charge is -2.27. The number of H-pyrrole nitrogens is 1. The molecule has 2 heterocycles. The lowest BCUT2D eigenvalue weighted by molar-refractivity contribution is 0.0340. The molecule has 134 valence electrons. The molecule has 1 fully saturated rings. The van der Waals surface area contributed by atoms with Gasteiger partial charge in [0.1, 0.15) is 0 Å². The molecular weight excluding hydrogens is 330 g/mol. The number of nitrogens with zero attached hydrogens (tertiary/aromatic N) is 2. The monoisotopic (exact) mass is 351 g/mol. The average Bonchev–Trinajstić information content (AvgIpc) is 2.67. The molecule has 0 unspecified atom stereocenters. The molecule has 2 aromatic carbocycles. The van der Waals surface area contributed by atoms with Crippen LogP contribution in [0.2, 0.25) is 0 Å². The maximum atomic E-state index is 12.8. The van der Waals surface area contributed by atoms with Crippen molar-refractivity contribution < 1.29 is 4.74 Å². The highest BCUT2D eigenvalue weighted by atomic mass is 16.5. The van der Waals surface area contributed by atoms with Gasteiger partial charge in [-0.05, 0) is 23.3 Å². The van der Waals surface area contributed by atoms with Gasteiger partial charge in [0.25, 0.3) is 5.56 Å². The Bertz CT molecular complexity index is 1030. The second-order valence-electron chi connectivity index (χ2n) is 6.52. The molecular formula is C20H21N3O3. The molecule has 1 aromatic heterocycles. The molecule has 1 N–H and O–H groups in total. The van der Waals surface area contributed by atoms with Crippen LogP contribution in [0.3, 0.4) is 0 Å². The zero-order valence-corrected chi connectivity index (χ0v) is 14.5. The summed E-state index contributed by atoms with van der Waals surface area (Å²) >= 11 is 0. The zero-order chi connectivity index (χ0) is 17.9. The Hall–Kier alpha value is -2.70. The molecule has 6 heteroatoms. The smallest absolute Gasteiger partial charge is 0.329 e. The van der Waals surface area contributed by atoms with Crippen LogP contribution in [0.4, 0.5) is 0 Å². The molecule has 0 atom stereocenters. The van der Waals surface area contributed by atoms with E-state index in [1.54, 1.807) is 24.3 Å². The summed E-state index contributed by atoms with van der Waals surface area (Å²) in [6.45, 7) is 4.33. The number of ether oxygens (including phenoxy) is 1. The number of morpholine rings is 1. The molecule has 1 aliphatic heterocycles. The van der Waals surface area contributed by atoms with Crippen molar-refractivity contribution in [3.05, 3.63) is 80.5 Å². The normalized spacial score (nSPS) is 15.4. The number of aromatic amines is 1. The Kier molecular flexibility index (Phi) is 4.69. The first-order valence-corrected chi connectivity index (χ1v) is 8.81. The summed E-state index contributed by atoms with van der Waals surface area (Å²) in [5, 5.41) is 0.526. The molecule has 0 bridgehead atoms. The maximum Gasteiger partial charge on any atom is 0.329 e. The van der Waals surface area contributed by atoms with E-state index in [0.29, 0.717) is 10.9 Å². The average molecular weight is 351 g/mol. The van der Waals surface area contributed by atoms with Crippen molar-refractivity contribution in [1.82, 2.24) is 14.5 Å². The van der Waals surface area contributed by atoms with Crippen LogP contribution in [0.25, 0.3) is 10.9 Å². The molecule has 0 saturated carbocycles. The van der Waals surface area contributed by atoms with Gasteiger partial charge in [0.2, 0.25) is 0 Å². The largest absolute Gasteiger partial charge is 0.379 e. The fourth-order valence-electron chi connectivity index (χ4n) is 3.38. The summed E-state index contributed by atoms with van der Waals surface area (Å²) in [5.74, 6) is 0. The molecule has 3 aromatic rings. The Balaban J connectivity index is 1.69. The minimum Gasteiger partial charge on any atom is -0.379 e. The van der Waals surface area contributed by atoms with Gasteiger partial charge in [0.05, 0.1) is 30.7 Å². The Morgan fingerprint density at radius 3 is 2.31 bits per heavy atom. The van der Waals surface area contributed by atoms with Gasteiger partial charge >= 0.3 is 5.69 Å². The topological polar surface area (TPSA) is 67.3 Å². The second kappa shape index (κ2) is 7.27. The number of fused-ring (bicyclic) bond motifs is 1. The minimum atomic E-state index is -0.380. The second-order valence-corrected chi connectivity index (χ2v) is 6.52. The first-order chi connectivity index (χ1) is 12.7. The lowest BCUT2D eigenvalue weighted by atomic mass is 10.1. The van der Waals surface area contributed by atoms with E-state index in [1.807, 2.05) is 18.2 Å². The summed E-state index contributed by atoms with van der Waals surface area (Å²) in [4.78, 5) is 30.3. The van der Waals surface area contributed by atoms with Crippen LogP contribution in [-0.2, 0) is 17.8 Å². The first kappa shape index (κ1) is 16.8. The highest BCUT2D eigenvalue weighted by Gasteiger charge is 2.14. The summed E-state index contributed by atoms with van der Waals surface area (Å²) in [6, 6.07) is 15.1. The number of aromatic nitrogens is 2. The van der Waals surface area contributed by atoms with Crippen LogP contribution in [0.5, 0.6) is 0 Å². The highest BCUT2D eigenvalue weighted by Crippen LogP contribution is 2.14. The van der Waals surface area contributed by atoms with E-state index in [2.05, 4.69) is 16.0 Å². The Morgan fingerprint density at radius 2 is 1.54 bits per heavy atom. The molecule has 0 spiro atoms. The zero-order valence-electron chi connectivity index (χ0n) is 14.5. The summed E-state index contributed by atoms with van der Waals surface area (Å²) in [6.07, 6.45) is 0. The van der Waals surface area contributed by atoms with E-state index in [9.17, 15) is 9.59 Å². The third-order valence-corrected chi connectivity index (χ3v) is 4.83. The van der Waals surface area contributed by atoms with Gasteiger partial charge in [-0.25, -0.2) is 4.79 Å². The fraction of sp³-hybridized carbons (Fsp3) is 0.300. The predicted octanol–water partition coefficient (Wildman–Crippen LogP) is 1.57. The van der Waals surface area contributed by atoms with Crippen molar-refractivity contribution in [2.45, 2.75) is 13.1 Å². The van der Waals surface area contributed by atoms with Crippen molar-refractivity contribution in [3.8, 4) is 0 Å². The van der Waals surface area contributed by atoms with E-state index in [-0.39, 0.29) is 17.8 Å². The molecule has 0 radical (unpaired) electrons. The Labute approximate surface area is 150 Å². The van der Waals surface area contributed by atoms with Gasteiger partial charge in [0, 0.05) is 19.6 Å². The molecule has 1 saturated heterocycles. The number of rotatable bonds is 4. The lowest BCUT2D eigenvalue weighted by Crippen LogP contribution is -2.37. The number of nitrogens with one attached hydrogen (secondary N) is 1. The van der Waals surface area contributed by atoms with Crippen LogP contribution < -0.4 is 11.2 Å². The number of para-hydroxylation sites is 1. The molecule has 4 rings (SSSR count). The number of hydrogen-bond donors (Lipinski definition) is 1. The van der Waals surface area contributed by atoms with E-state index in [4.69, 9.17) is 4.74 Å². The summed E-state index contributed by atoms with van der Waals surface area (Å²) < 4.78 is 6.68. The first-order valence-electron chi connectivity index (χ1n) is 8.81. The van der Waals surface area contributed by atoms with Crippen molar-refractivity contribution in [1.29, 1.82) is 0 Å². The SMILES string of the molecule is O=c1[nH]c2ccccc2c(=O)n1Cc1ccccc1CN1CCOCC1. The third kappa shape index (κ3) is 3.34. The number of hydrogen-bond acceptors (Lipinski definition) is 4. The van der Waals surface area contributed by atoms with Crippen LogP contribution >= 0.6 is 0 Å². The standard InChI is InChI=1S/C20H21N3O3/c24-19-17-7-3-4-8-18(17)21-20(25)23(19)14-16-6-2-1-5-15(16)13-22-9-11-26-12-10-22/h1-8H,9-14H2,(H,21,25). The highest BCUT2D eigenvalue weighted by molar-refractivity contribution is 5.76. The Morgan fingerprint density at radius 1 is 0.885 bits per heavy atom. The van der Waals surface area contributed by atoms with E-state index >= 15 is 0 Å². The summed E-state index contributed by atoms with van der Waals surface area (Å²) in [5.41, 5.74) is 2.05. The fourth-order valence-corrected chi connectivity index (χ4v) is 3.38. The van der Waals surface area contributed by atoms with Gasteiger partial charge < -0.3 is 9.72 Å². The molecule has 26 heavy (non-hydrogen) atoms. The van der Waals surface area contributed by atoms with E-state index < -0.39 is 0 Å². The van der Waals surface area contributed by atoms with Crippen LogP contribution in [0.15, 0.2) is 58.1 Å². The van der Waals surface area contributed by atoms with E-state index in [0.717, 1.165) is 44.0 Å². The van der Waals surface area contributed by atoms with Crippen molar-refractivity contribution in [2.24, 2.45) is 0 Å². The molecule has 6 nitrogen and oxygen atoms in total. The van der Waals surface area contributed by atoms with Gasteiger partial charge in [0.15, 0.2) is 0 Å². The molecule has 0 amide bonds. The minimum absolute atomic E-state index is 0.259. The van der Waals surface area contributed by atoms with Crippen molar-refractivity contribution in [3.63, 3.8) is 0 Å². The molecule has 1 aliphatic rings. The van der Waals surface area contributed by atoms with E-state index in [1.165, 1.54) is 4.57 Å². The van der Waals surface area contributed by atoms with Crippen molar-refractivity contribution >= 4 is 10.9 Å². The van der Waals surface area contributed by atoms with Crippen LogP contribution in [-0.4, -0.2) is 40.8 Å². The maximum absolute atomic E-state index is 12.8. The number of benzene rings is 2. The van der Waals surface area contributed by atoms with Gasteiger partial charge in [-0.2, -0.15) is 0 Å². The van der Waals surface area contributed by atoms with Crippen molar-refractivity contribution in [2.75, 3.05) is 26.3 Å². The van der Waals surface area contributed by atoms with Crippen LogP contribution in [0, 0.1) is 0 Å².